The maximum absolute atomic E-state index is 6.01. The van der Waals surface area contributed by atoms with Crippen LogP contribution >= 0.6 is 11.6 Å². The van der Waals surface area contributed by atoms with Gasteiger partial charge in [-0.25, -0.2) is 0 Å². The summed E-state index contributed by atoms with van der Waals surface area (Å²) in [5.41, 5.74) is 2.30. The lowest BCUT2D eigenvalue weighted by Gasteiger charge is -1.98. The van der Waals surface area contributed by atoms with Crippen LogP contribution in [0.3, 0.4) is 0 Å². The van der Waals surface area contributed by atoms with Crippen molar-refractivity contribution in [2.24, 2.45) is 0 Å². The molecule has 1 heteroatoms. The Morgan fingerprint density at radius 1 is 1.42 bits per heavy atom. The summed E-state index contributed by atoms with van der Waals surface area (Å²) in [7, 11) is 0. The van der Waals surface area contributed by atoms with E-state index in [1.54, 1.807) is 0 Å². The van der Waals surface area contributed by atoms with E-state index in [9.17, 15) is 0 Å². The maximum Gasteiger partial charge on any atom is 0.0480 e. The topological polar surface area (TPSA) is 0 Å². The third-order valence-corrected chi connectivity index (χ3v) is 2.02. The van der Waals surface area contributed by atoms with Crippen molar-refractivity contribution in [3.05, 3.63) is 40.4 Å². The molecule has 0 radical (unpaired) electrons. The summed E-state index contributed by atoms with van der Waals surface area (Å²) < 4.78 is 0. The molecular weight excluding hydrogens is 168 g/mol. The number of allylic oxidation sites excluding steroid dienone is 1. The van der Waals surface area contributed by atoms with Gasteiger partial charge in [0.2, 0.25) is 0 Å². The van der Waals surface area contributed by atoms with Gasteiger partial charge in [-0.1, -0.05) is 42.8 Å². The lowest BCUT2D eigenvalue weighted by atomic mass is 10.1. The van der Waals surface area contributed by atoms with Gasteiger partial charge in [0.25, 0.3) is 0 Å². The largest absolute Gasteiger partial charge is 0.0842 e. The first-order chi connectivity index (χ1) is 5.74. The minimum Gasteiger partial charge on any atom is -0.0842 e. The van der Waals surface area contributed by atoms with Crippen LogP contribution in [-0.4, -0.2) is 0 Å². The number of aryl methyl sites for hydroxylation is 1. The second kappa shape index (κ2) is 4.32. The summed E-state index contributed by atoms with van der Waals surface area (Å²) in [6.07, 6.45) is 5.21. The molecule has 1 aromatic rings. The number of hydrogen-bond acceptors (Lipinski definition) is 0. The summed E-state index contributed by atoms with van der Waals surface area (Å²) in [6.45, 7) is 4.15. The lowest BCUT2D eigenvalue weighted by molar-refractivity contribution is 1.23. The fourth-order valence-electron chi connectivity index (χ4n) is 1.01. The van der Waals surface area contributed by atoms with E-state index in [1.807, 2.05) is 19.1 Å². The summed E-state index contributed by atoms with van der Waals surface area (Å²) in [4.78, 5) is 0. The molecule has 0 saturated carbocycles. The van der Waals surface area contributed by atoms with Gasteiger partial charge < -0.3 is 0 Å². The van der Waals surface area contributed by atoms with Crippen LogP contribution in [0.2, 0.25) is 5.02 Å². The second-order valence-corrected chi connectivity index (χ2v) is 3.24. The number of benzene rings is 1. The predicted molar refractivity (Wildman–Crippen MR) is 55.5 cm³/mol. The van der Waals surface area contributed by atoms with Crippen LogP contribution in [0.5, 0.6) is 0 Å². The Morgan fingerprint density at radius 2 is 2.17 bits per heavy atom. The molecule has 0 spiro atoms. The van der Waals surface area contributed by atoms with Crippen molar-refractivity contribution in [3.63, 3.8) is 0 Å². The minimum atomic E-state index is 0.833. The van der Waals surface area contributed by atoms with Crippen molar-refractivity contribution >= 4 is 17.7 Å². The molecule has 0 saturated heterocycles. The summed E-state index contributed by atoms with van der Waals surface area (Å²) in [5.74, 6) is 0. The third-order valence-electron chi connectivity index (χ3n) is 1.69. The first-order valence-corrected chi connectivity index (χ1v) is 4.54. The fraction of sp³-hybridized carbons (Fsp3) is 0.273. The van der Waals surface area contributed by atoms with Gasteiger partial charge in [-0.2, -0.15) is 0 Å². The van der Waals surface area contributed by atoms with Crippen LogP contribution in [0.15, 0.2) is 24.3 Å². The van der Waals surface area contributed by atoms with Crippen LogP contribution in [0.1, 0.15) is 24.5 Å². The van der Waals surface area contributed by atoms with E-state index >= 15 is 0 Å². The molecule has 0 nitrogen and oxygen atoms in total. The van der Waals surface area contributed by atoms with E-state index in [4.69, 9.17) is 11.6 Å². The second-order valence-electron chi connectivity index (χ2n) is 2.84. The van der Waals surface area contributed by atoms with Crippen LogP contribution in [0.25, 0.3) is 6.08 Å². The van der Waals surface area contributed by atoms with Crippen molar-refractivity contribution in [3.8, 4) is 0 Å². The molecule has 0 atom stereocenters. The molecule has 0 amide bonds. The van der Waals surface area contributed by atoms with Gasteiger partial charge >= 0.3 is 0 Å². The predicted octanol–water partition coefficient (Wildman–Crippen LogP) is 4.07. The van der Waals surface area contributed by atoms with Crippen LogP contribution in [0.4, 0.5) is 0 Å². The molecule has 0 aliphatic rings. The molecule has 1 aromatic carbocycles. The Bertz CT molecular complexity index is 287. The van der Waals surface area contributed by atoms with Crippen molar-refractivity contribution in [2.75, 3.05) is 0 Å². The standard InChI is InChI=1S/C11H13Cl/c1-3-4-5-10-7-6-9(2)8-11(10)12/h4-8H,3H2,1-2H3/b5-4+. The Morgan fingerprint density at radius 3 is 2.75 bits per heavy atom. The molecular formula is C11H13Cl. The number of rotatable bonds is 2. The molecule has 0 bridgehead atoms. The maximum atomic E-state index is 6.01. The highest BCUT2D eigenvalue weighted by Gasteiger charge is 1.94. The molecule has 0 unspecified atom stereocenters. The van der Waals surface area contributed by atoms with Gasteiger partial charge in [-0.05, 0) is 30.5 Å². The monoisotopic (exact) mass is 180 g/mol. The van der Waals surface area contributed by atoms with Crippen LogP contribution < -0.4 is 0 Å². The molecule has 0 aromatic heterocycles. The zero-order chi connectivity index (χ0) is 8.97. The molecule has 0 aliphatic carbocycles. The molecule has 12 heavy (non-hydrogen) atoms. The van der Waals surface area contributed by atoms with E-state index in [1.165, 1.54) is 5.56 Å². The van der Waals surface area contributed by atoms with Crippen molar-refractivity contribution in [1.82, 2.24) is 0 Å². The molecule has 1 rings (SSSR count). The van der Waals surface area contributed by atoms with E-state index < -0.39 is 0 Å². The average molecular weight is 181 g/mol. The molecule has 0 heterocycles. The summed E-state index contributed by atoms with van der Waals surface area (Å²) in [5, 5.41) is 0.833. The van der Waals surface area contributed by atoms with E-state index in [0.29, 0.717) is 0 Å². The Kier molecular flexibility index (Phi) is 3.36. The van der Waals surface area contributed by atoms with E-state index in [-0.39, 0.29) is 0 Å². The first kappa shape index (κ1) is 9.34. The average Bonchev–Trinajstić information content (AvgIpc) is 2.03. The third kappa shape index (κ3) is 2.38. The smallest absolute Gasteiger partial charge is 0.0480 e. The van der Waals surface area contributed by atoms with Gasteiger partial charge in [-0.15, -0.1) is 0 Å². The quantitative estimate of drug-likeness (QED) is 0.644. The summed E-state index contributed by atoms with van der Waals surface area (Å²) in [6, 6.07) is 6.10. The van der Waals surface area contributed by atoms with Crippen molar-refractivity contribution in [2.45, 2.75) is 20.3 Å². The minimum absolute atomic E-state index is 0.833. The normalized spacial score (nSPS) is 10.9. The van der Waals surface area contributed by atoms with Gasteiger partial charge in [0.1, 0.15) is 0 Å². The van der Waals surface area contributed by atoms with Crippen LogP contribution in [0, 0.1) is 6.92 Å². The Labute approximate surface area is 78.9 Å². The highest BCUT2D eigenvalue weighted by Crippen LogP contribution is 2.18. The first-order valence-electron chi connectivity index (χ1n) is 4.16. The molecule has 64 valence electrons. The number of halogens is 1. The van der Waals surface area contributed by atoms with Gasteiger partial charge in [-0.3, -0.25) is 0 Å². The van der Waals surface area contributed by atoms with Gasteiger partial charge in [0, 0.05) is 5.02 Å². The molecule has 0 aliphatic heterocycles. The zero-order valence-electron chi connectivity index (χ0n) is 7.47. The van der Waals surface area contributed by atoms with Crippen LogP contribution in [-0.2, 0) is 0 Å². The molecule has 0 N–H and O–H groups in total. The van der Waals surface area contributed by atoms with Crippen molar-refractivity contribution < 1.29 is 0 Å². The highest BCUT2D eigenvalue weighted by atomic mass is 35.5. The lowest BCUT2D eigenvalue weighted by Crippen LogP contribution is -1.76. The van der Waals surface area contributed by atoms with Crippen molar-refractivity contribution in [1.29, 1.82) is 0 Å². The SMILES string of the molecule is CC/C=C/c1ccc(C)cc1Cl. The van der Waals surface area contributed by atoms with Gasteiger partial charge in [0.05, 0.1) is 0 Å². The van der Waals surface area contributed by atoms with E-state index in [2.05, 4.69) is 25.1 Å². The van der Waals surface area contributed by atoms with Gasteiger partial charge in [0.15, 0.2) is 0 Å². The van der Waals surface area contributed by atoms with E-state index in [0.717, 1.165) is 17.0 Å². The highest BCUT2D eigenvalue weighted by molar-refractivity contribution is 6.32. The zero-order valence-corrected chi connectivity index (χ0v) is 8.23. The fourth-order valence-corrected chi connectivity index (χ4v) is 1.31. The number of hydrogen-bond donors (Lipinski definition) is 0. The summed E-state index contributed by atoms with van der Waals surface area (Å²) >= 11 is 6.01. The molecule has 0 fully saturated rings. The Balaban J connectivity index is 2.94. The Hall–Kier alpha value is -0.750.